The van der Waals surface area contributed by atoms with E-state index in [2.05, 4.69) is 24.1 Å². The molecule has 1 aromatic carbocycles. The number of morpholine rings is 1. The van der Waals surface area contributed by atoms with E-state index < -0.39 is 5.60 Å². The van der Waals surface area contributed by atoms with Crippen molar-refractivity contribution in [2.75, 3.05) is 31.5 Å². The van der Waals surface area contributed by atoms with Gasteiger partial charge in [-0.3, -0.25) is 4.90 Å². The van der Waals surface area contributed by atoms with Crippen molar-refractivity contribution in [3.63, 3.8) is 0 Å². The highest BCUT2D eigenvalue weighted by molar-refractivity contribution is 5.90. The number of aliphatic hydroxyl groups is 1. The van der Waals surface area contributed by atoms with E-state index in [0.717, 1.165) is 30.9 Å². The average molecular weight is 364 g/mol. The number of rotatable bonds is 6. The number of hydrogen-bond donors (Lipinski definition) is 2. The molecule has 2 amide bonds. The van der Waals surface area contributed by atoms with Crippen LogP contribution in [-0.2, 0) is 11.3 Å². The SMILES string of the molecule is CCN(CC(C)(C)O)C(=O)Nc1ccccc1CN1C[C@H](C)O[C@@H](C)C1. The number of ether oxygens (including phenoxy) is 1. The number of benzene rings is 1. The van der Waals surface area contributed by atoms with Crippen molar-refractivity contribution in [1.82, 2.24) is 9.80 Å². The fourth-order valence-electron chi connectivity index (χ4n) is 3.42. The van der Waals surface area contributed by atoms with E-state index in [1.807, 2.05) is 31.2 Å². The maximum absolute atomic E-state index is 12.6. The third kappa shape index (κ3) is 6.27. The molecular formula is C20H33N3O3. The van der Waals surface area contributed by atoms with Crippen LogP contribution in [0.2, 0.25) is 0 Å². The number of nitrogens with one attached hydrogen (secondary N) is 1. The molecule has 26 heavy (non-hydrogen) atoms. The minimum absolute atomic E-state index is 0.189. The Labute approximate surface area is 157 Å². The quantitative estimate of drug-likeness (QED) is 0.816. The largest absolute Gasteiger partial charge is 0.389 e. The summed E-state index contributed by atoms with van der Waals surface area (Å²) < 4.78 is 5.80. The number of carbonyl (C=O) groups excluding carboxylic acids is 1. The van der Waals surface area contributed by atoms with Crippen LogP contribution in [-0.4, -0.2) is 64.9 Å². The van der Waals surface area contributed by atoms with Gasteiger partial charge in [-0.05, 0) is 46.2 Å². The molecule has 0 aromatic heterocycles. The molecule has 6 nitrogen and oxygen atoms in total. The summed E-state index contributed by atoms with van der Waals surface area (Å²) in [5, 5.41) is 13.0. The molecule has 0 unspecified atom stereocenters. The van der Waals surface area contributed by atoms with Crippen molar-refractivity contribution in [3.05, 3.63) is 29.8 Å². The lowest BCUT2D eigenvalue weighted by molar-refractivity contribution is -0.0704. The Bertz CT molecular complexity index is 590. The van der Waals surface area contributed by atoms with E-state index in [9.17, 15) is 9.90 Å². The van der Waals surface area contributed by atoms with Crippen molar-refractivity contribution < 1.29 is 14.6 Å². The lowest BCUT2D eigenvalue weighted by Crippen LogP contribution is -2.45. The van der Waals surface area contributed by atoms with Gasteiger partial charge in [-0.1, -0.05) is 18.2 Å². The summed E-state index contributed by atoms with van der Waals surface area (Å²) in [6.07, 6.45) is 0.422. The first-order valence-electron chi connectivity index (χ1n) is 9.42. The van der Waals surface area contributed by atoms with Crippen molar-refractivity contribution in [2.45, 2.75) is 59.0 Å². The van der Waals surface area contributed by atoms with E-state index >= 15 is 0 Å². The average Bonchev–Trinajstić information content (AvgIpc) is 2.52. The summed E-state index contributed by atoms with van der Waals surface area (Å²) in [7, 11) is 0. The highest BCUT2D eigenvalue weighted by Gasteiger charge is 2.24. The van der Waals surface area contributed by atoms with E-state index in [0.29, 0.717) is 6.54 Å². The molecule has 0 spiro atoms. The predicted molar refractivity (Wildman–Crippen MR) is 104 cm³/mol. The summed E-state index contributed by atoms with van der Waals surface area (Å²) in [5.41, 5.74) is 0.979. The Morgan fingerprint density at radius 1 is 1.31 bits per heavy atom. The molecule has 1 fully saturated rings. The van der Waals surface area contributed by atoms with Gasteiger partial charge in [-0.25, -0.2) is 4.79 Å². The number of nitrogens with zero attached hydrogens (tertiary/aromatic N) is 2. The maximum Gasteiger partial charge on any atom is 0.321 e. The molecule has 0 bridgehead atoms. The molecule has 146 valence electrons. The molecule has 1 heterocycles. The number of amides is 2. The van der Waals surface area contributed by atoms with Crippen molar-refractivity contribution in [3.8, 4) is 0 Å². The Kier molecular flexibility index (Phi) is 7.03. The van der Waals surface area contributed by atoms with Gasteiger partial charge < -0.3 is 20.1 Å². The molecule has 0 saturated carbocycles. The third-order valence-electron chi connectivity index (χ3n) is 4.39. The minimum atomic E-state index is -0.924. The van der Waals surface area contributed by atoms with Crippen molar-refractivity contribution >= 4 is 11.7 Å². The molecule has 2 atom stereocenters. The summed E-state index contributed by atoms with van der Waals surface area (Å²) in [6, 6.07) is 7.71. The van der Waals surface area contributed by atoms with Crippen LogP contribution in [0.5, 0.6) is 0 Å². The first-order chi connectivity index (χ1) is 12.2. The smallest absolute Gasteiger partial charge is 0.321 e. The monoisotopic (exact) mass is 363 g/mol. The van der Waals surface area contributed by atoms with Gasteiger partial charge >= 0.3 is 6.03 Å². The molecule has 6 heteroatoms. The standard InChI is InChI=1S/C20H33N3O3/c1-6-23(14-20(4,5)25)19(24)21-18-10-8-7-9-17(18)13-22-11-15(2)26-16(3)12-22/h7-10,15-16,25H,6,11-14H2,1-5H3,(H,21,24)/t15-,16-/m0/s1. The fourth-order valence-corrected chi connectivity index (χ4v) is 3.42. The number of hydrogen-bond acceptors (Lipinski definition) is 4. The Morgan fingerprint density at radius 3 is 2.50 bits per heavy atom. The summed E-state index contributed by atoms with van der Waals surface area (Å²) >= 11 is 0. The molecule has 2 N–H and O–H groups in total. The number of anilines is 1. The fraction of sp³-hybridized carbons (Fsp3) is 0.650. The van der Waals surface area contributed by atoms with Crippen molar-refractivity contribution in [2.24, 2.45) is 0 Å². The molecule has 1 aliphatic rings. The minimum Gasteiger partial charge on any atom is -0.389 e. The summed E-state index contributed by atoms with van der Waals surface area (Å²) in [6.45, 7) is 12.9. The number of likely N-dealkylation sites (N-methyl/N-ethyl adjacent to an activating group) is 1. The van der Waals surface area contributed by atoms with Crippen LogP contribution in [0, 0.1) is 0 Å². The van der Waals surface area contributed by atoms with Gasteiger partial charge in [-0.2, -0.15) is 0 Å². The maximum atomic E-state index is 12.6. The molecule has 0 radical (unpaired) electrons. The Hall–Kier alpha value is -1.63. The van der Waals surface area contributed by atoms with Crippen LogP contribution in [0.25, 0.3) is 0 Å². The second-order valence-electron chi connectivity index (χ2n) is 7.87. The van der Waals surface area contributed by atoms with Gasteiger partial charge in [0.05, 0.1) is 24.4 Å². The molecule has 1 saturated heterocycles. The molecule has 1 aromatic rings. The molecule has 1 aliphatic heterocycles. The normalized spacial score (nSPS) is 21.5. The lowest BCUT2D eigenvalue weighted by atomic mass is 10.1. The van der Waals surface area contributed by atoms with Crippen LogP contribution in [0.1, 0.15) is 40.2 Å². The topological polar surface area (TPSA) is 65.0 Å². The van der Waals surface area contributed by atoms with E-state index in [1.54, 1.807) is 18.7 Å². The summed E-state index contributed by atoms with van der Waals surface area (Å²) in [4.78, 5) is 16.6. The molecule has 0 aliphatic carbocycles. The van der Waals surface area contributed by atoms with Crippen LogP contribution >= 0.6 is 0 Å². The van der Waals surface area contributed by atoms with E-state index in [4.69, 9.17) is 4.74 Å². The zero-order valence-electron chi connectivity index (χ0n) is 16.7. The van der Waals surface area contributed by atoms with Crippen LogP contribution < -0.4 is 5.32 Å². The first-order valence-corrected chi connectivity index (χ1v) is 9.42. The van der Waals surface area contributed by atoms with Crippen molar-refractivity contribution in [1.29, 1.82) is 0 Å². The lowest BCUT2D eigenvalue weighted by Gasteiger charge is -2.35. The van der Waals surface area contributed by atoms with Gasteiger partial charge in [0.15, 0.2) is 0 Å². The Balaban J connectivity index is 2.07. The number of urea groups is 1. The first kappa shape index (κ1) is 20.7. The van der Waals surface area contributed by atoms with Crippen LogP contribution in [0.3, 0.4) is 0 Å². The van der Waals surface area contributed by atoms with Gasteiger partial charge in [0.2, 0.25) is 0 Å². The van der Waals surface area contributed by atoms with Crippen LogP contribution in [0.15, 0.2) is 24.3 Å². The van der Waals surface area contributed by atoms with Gasteiger partial charge in [-0.15, -0.1) is 0 Å². The number of carbonyl (C=O) groups is 1. The van der Waals surface area contributed by atoms with Gasteiger partial charge in [0.1, 0.15) is 0 Å². The van der Waals surface area contributed by atoms with Gasteiger partial charge in [0.25, 0.3) is 0 Å². The zero-order chi connectivity index (χ0) is 19.3. The van der Waals surface area contributed by atoms with E-state index in [-0.39, 0.29) is 24.8 Å². The second-order valence-corrected chi connectivity index (χ2v) is 7.87. The van der Waals surface area contributed by atoms with Gasteiger partial charge in [0, 0.05) is 31.9 Å². The zero-order valence-corrected chi connectivity index (χ0v) is 16.7. The highest BCUT2D eigenvalue weighted by atomic mass is 16.5. The second kappa shape index (κ2) is 8.84. The number of para-hydroxylation sites is 1. The van der Waals surface area contributed by atoms with Crippen LogP contribution in [0.4, 0.5) is 10.5 Å². The van der Waals surface area contributed by atoms with E-state index in [1.165, 1.54) is 0 Å². The third-order valence-corrected chi connectivity index (χ3v) is 4.39. The molecule has 2 rings (SSSR count). The highest BCUT2D eigenvalue weighted by Crippen LogP contribution is 2.21. The molecular weight excluding hydrogens is 330 g/mol. The predicted octanol–water partition coefficient (Wildman–Crippen LogP) is 2.92. The Morgan fingerprint density at radius 2 is 1.92 bits per heavy atom. The summed E-state index contributed by atoms with van der Waals surface area (Å²) in [5.74, 6) is 0.